The molecular weight excluding hydrogens is 326 g/mol. The molecule has 0 aliphatic heterocycles. The fraction of sp³-hybridized carbons (Fsp3) is 0. The van der Waals surface area contributed by atoms with Gasteiger partial charge in [0, 0.05) is 23.5 Å². The van der Waals surface area contributed by atoms with E-state index in [2.05, 4.69) is 20.3 Å². The van der Waals surface area contributed by atoms with Crippen molar-refractivity contribution in [3.05, 3.63) is 66.4 Å². The Morgan fingerprint density at radius 2 is 1.88 bits per heavy atom. The fourth-order valence-corrected chi connectivity index (χ4v) is 2.53. The maximum absolute atomic E-state index is 13.5. The second-order valence-electron chi connectivity index (χ2n) is 5.45. The molecule has 0 unspecified atom stereocenters. The zero-order valence-corrected chi connectivity index (χ0v) is 12.8. The third-order valence-corrected chi connectivity index (χ3v) is 3.70. The summed E-state index contributed by atoms with van der Waals surface area (Å²) in [6.07, 6.45) is 1.60. The van der Waals surface area contributed by atoms with Gasteiger partial charge in [-0.2, -0.15) is 0 Å². The minimum absolute atomic E-state index is 0.127. The summed E-state index contributed by atoms with van der Waals surface area (Å²) in [6.45, 7) is 0. The number of hydrogen-bond donors (Lipinski definition) is 3. The molecule has 0 amide bonds. The lowest BCUT2D eigenvalue weighted by Gasteiger charge is -2.06. The number of rotatable bonds is 3. The second kappa shape index (κ2) is 5.86. The van der Waals surface area contributed by atoms with Crippen LogP contribution in [0, 0.1) is 11.6 Å². The van der Waals surface area contributed by atoms with Gasteiger partial charge in [0.05, 0.1) is 5.52 Å². The average Bonchev–Trinajstić information content (AvgIpc) is 3.03. The summed E-state index contributed by atoms with van der Waals surface area (Å²) >= 11 is 0. The van der Waals surface area contributed by atoms with E-state index in [-0.39, 0.29) is 5.75 Å². The van der Waals surface area contributed by atoms with E-state index in [1.54, 1.807) is 36.5 Å². The number of nitrogens with one attached hydrogen (secondary N) is 2. The van der Waals surface area contributed by atoms with Crippen molar-refractivity contribution in [3.63, 3.8) is 0 Å². The quantitative estimate of drug-likeness (QED) is 0.519. The molecular formula is C18H12F2N4O. The Morgan fingerprint density at radius 1 is 1.00 bits per heavy atom. The topological polar surface area (TPSA) is 73.8 Å². The number of nitrogens with zero attached hydrogens (tertiary/aromatic N) is 2. The van der Waals surface area contributed by atoms with E-state index in [0.717, 1.165) is 12.1 Å². The van der Waals surface area contributed by atoms with Crippen molar-refractivity contribution in [3.8, 4) is 17.1 Å². The van der Waals surface area contributed by atoms with Crippen LogP contribution in [0.5, 0.6) is 5.75 Å². The Balaban J connectivity index is 1.77. The van der Waals surface area contributed by atoms with E-state index in [9.17, 15) is 13.9 Å². The van der Waals surface area contributed by atoms with Crippen LogP contribution < -0.4 is 5.32 Å². The van der Waals surface area contributed by atoms with Crippen LogP contribution in [0.15, 0.2) is 54.7 Å². The summed E-state index contributed by atoms with van der Waals surface area (Å²) in [5.41, 5.74) is 2.32. The van der Waals surface area contributed by atoms with Crippen molar-refractivity contribution in [2.75, 3.05) is 5.32 Å². The standard InChI is InChI=1S/C18H12F2N4O/c19-13-5-4-10(8-14(13)20)17-23-15-6-7-21-18(16(15)24-17)22-11-2-1-3-12(25)9-11/h1-9,25H,(H,21,22)(H,23,24). The highest BCUT2D eigenvalue weighted by Gasteiger charge is 2.12. The maximum Gasteiger partial charge on any atom is 0.159 e. The zero-order valence-electron chi connectivity index (χ0n) is 12.8. The van der Waals surface area contributed by atoms with Gasteiger partial charge in [0.25, 0.3) is 0 Å². The van der Waals surface area contributed by atoms with Gasteiger partial charge in [0.2, 0.25) is 0 Å². The number of phenols is 1. The molecule has 0 aliphatic carbocycles. The number of aromatic amines is 1. The average molecular weight is 338 g/mol. The van der Waals surface area contributed by atoms with Crippen LogP contribution in [0.4, 0.5) is 20.3 Å². The number of H-pyrrole nitrogens is 1. The summed E-state index contributed by atoms with van der Waals surface area (Å²) in [7, 11) is 0. The molecule has 0 saturated heterocycles. The third-order valence-electron chi connectivity index (χ3n) is 3.70. The number of aromatic nitrogens is 3. The fourth-order valence-electron chi connectivity index (χ4n) is 2.53. The van der Waals surface area contributed by atoms with Crippen molar-refractivity contribution in [1.29, 1.82) is 0 Å². The molecule has 0 aliphatic rings. The Morgan fingerprint density at radius 3 is 2.68 bits per heavy atom. The van der Waals surface area contributed by atoms with Gasteiger partial charge in [-0.25, -0.2) is 18.7 Å². The molecule has 4 rings (SSSR count). The molecule has 7 heteroatoms. The van der Waals surface area contributed by atoms with Crippen molar-refractivity contribution >= 4 is 22.5 Å². The van der Waals surface area contributed by atoms with Crippen molar-refractivity contribution in [2.45, 2.75) is 0 Å². The largest absolute Gasteiger partial charge is 0.508 e. The van der Waals surface area contributed by atoms with E-state index < -0.39 is 11.6 Å². The first-order valence-corrected chi connectivity index (χ1v) is 7.46. The molecule has 2 aromatic carbocycles. The highest BCUT2D eigenvalue weighted by molar-refractivity contribution is 5.90. The van der Waals surface area contributed by atoms with Crippen LogP contribution in [-0.2, 0) is 0 Å². The molecule has 124 valence electrons. The molecule has 2 heterocycles. The predicted octanol–water partition coefficient (Wildman–Crippen LogP) is 4.35. The van der Waals surface area contributed by atoms with Crippen LogP contribution in [-0.4, -0.2) is 20.1 Å². The van der Waals surface area contributed by atoms with Crippen molar-refractivity contribution in [1.82, 2.24) is 15.0 Å². The summed E-state index contributed by atoms with van der Waals surface area (Å²) in [5.74, 6) is -0.835. The summed E-state index contributed by atoms with van der Waals surface area (Å²) in [4.78, 5) is 11.8. The van der Waals surface area contributed by atoms with Crippen LogP contribution in [0.3, 0.4) is 0 Å². The van der Waals surface area contributed by atoms with Gasteiger partial charge in [-0.1, -0.05) is 6.07 Å². The van der Waals surface area contributed by atoms with E-state index in [4.69, 9.17) is 0 Å². The number of halogens is 2. The Labute approximate surface area is 141 Å². The van der Waals surface area contributed by atoms with E-state index in [1.807, 2.05) is 0 Å². The molecule has 5 nitrogen and oxygen atoms in total. The van der Waals surface area contributed by atoms with Gasteiger partial charge in [-0.05, 0) is 36.4 Å². The Kier molecular flexibility index (Phi) is 3.53. The summed E-state index contributed by atoms with van der Waals surface area (Å²) < 4.78 is 26.6. The van der Waals surface area contributed by atoms with Crippen LogP contribution >= 0.6 is 0 Å². The Bertz CT molecular complexity index is 1080. The number of benzene rings is 2. The number of anilines is 2. The molecule has 3 N–H and O–H groups in total. The normalized spacial score (nSPS) is 11.0. The zero-order chi connectivity index (χ0) is 17.4. The lowest BCUT2D eigenvalue weighted by atomic mass is 10.2. The van der Waals surface area contributed by atoms with Crippen molar-refractivity contribution in [2.24, 2.45) is 0 Å². The van der Waals surface area contributed by atoms with E-state index in [0.29, 0.717) is 33.9 Å². The van der Waals surface area contributed by atoms with Gasteiger partial charge in [-0.15, -0.1) is 0 Å². The minimum atomic E-state index is -0.936. The SMILES string of the molecule is Oc1cccc(Nc2nccc3[nH]c(-c4ccc(F)c(F)c4)nc23)c1. The highest BCUT2D eigenvalue weighted by atomic mass is 19.2. The molecule has 0 radical (unpaired) electrons. The number of aromatic hydroxyl groups is 1. The molecule has 0 atom stereocenters. The monoisotopic (exact) mass is 338 g/mol. The number of phenolic OH excluding ortho intramolecular Hbond substituents is 1. The van der Waals surface area contributed by atoms with Gasteiger partial charge in [0.1, 0.15) is 17.1 Å². The van der Waals surface area contributed by atoms with Gasteiger partial charge in [-0.3, -0.25) is 0 Å². The molecule has 0 bridgehead atoms. The molecule has 0 spiro atoms. The lowest BCUT2D eigenvalue weighted by Crippen LogP contribution is -1.94. The molecule has 0 saturated carbocycles. The molecule has 0 fully saturated rings. The third kappa shape index (κ3) is 2.87. The van der Waals surface area contributed by atoms with Gasteiger partial charge >= 0.3 is 0 Å². The van der Waals surface area contributed by atoms with E-state index >= 15 is 0 Å². The first-order valence-electron chi connectivity index (χ1n) is 7.46. The van der Waals surface area contributed by atoms with E-state index in [1.165, 1.54) is 6.07 Å². The second-order valence-corrected chi connectivity index (χ2v) is 5.45. The predicted molar refractivity (Wildman–Crippen MR) is 90.6 cm³/mol. The Hall–Kier alpha value is -3.48. The minimum Gasteiger partial charge on any atom is -0.508 e. The van der Waals surface area contributed by atoms with Crippen molar-refractivity contribution < 1.29 is 13.9 Å². The number of hydrogen-bond acceptors (Lipinski definition) is 4. The molecule has 2 aromatic heterocycles. The number of fused-ring (bicyclic) bond motifs is 1. The maximum atomic E-state index is 13.5. The van der Waals surface area contributed by atoms with Gasteiger partial charge in [0.15, 0.2) is 17.5 Å². The van der Waals surface area contributed by atoms with Gasteiger partial charge < -0.3 is 15.4 Å². The summed E-state index contributed by atoms with van der Waals surface area (Å²) in [5, 5.41) is 12.6. The lowest BCUT2D eigenvalue weighted by molar-refractivity contribution is 0.475. The smallest absolute Gasteiger partial charge is 0.159 e. The first kappa shape index (κ1) is 15.1. The number of pyridine rings is 1. The first-order chi connectivity index (χ1) is 12.1. The summed E-state index contributed by atoms with van der Waals surface area (Å²) in [6, 6.07) is 11.9. The molecule has 4 aromatic rings. The van der Waals surface area contributed by atoms with Crippen LogP contribution in [0.2, 0.25) is 0 Å². The molecule has 25 heavy (non-hydrogen) atoms. The number of imidazole rings is 1. The highest BCUT2D eigenvalue weighted by Crippen LogP contribution is 2.27. The van der Waals surface area contributed by atoms with Crippen LogP contribution in [0.1, 0.15) is 0 Å². The van der Waals surface area contributed by atoms with Crippen LogP contribution in [0.25, 0.3) is 22.4 Å².